The molecule has 23 heavy (non-hydrogen) atoms. The summed E-state index contributed by atoms with van der Waals surface area (Å²) in [6, 6.07) is 11.5. The van der Waals surface area contributed by atoms with Crippen LogP contribution in [-0.2, 0) is 4.79 Å². The summed E-state index contributed by atoms with van der Waals surface area (Å²) in [6.07, 6.45) is 2.53. The van der Waals surface area contributed by atoms with E-state index in [1.165, 1.54) is 42.5 Å². The summed E-state index contributed by atoms with van der Waals surface area (Å²) in [7, 11) is 0. The second kappa shape index (κ2) is 6.94. The molecule has 0 aromatic heterocycles. The third kappa shape index (κ3) is 4.21. The van der Waals surface area contributed by atoms with Crippen LogP contribution < -0.4 is 5.32 Å². The van der Waals surface area contributed by atoms with Crippen molar-refractivity contribution in [3.05, 3.63) is 80.4 Å². The number of para-hydroxylation sites is 2. The molecule has 1 amide bonds. The number of nitrogens with one attached hydrogen (secondary N) is 1. The number of non-ortho nitro benzene ring substituents is 1. The first kappa shape index (κ1) is 15.8. The molecule has 0 heterocycles. The Labute approximate surface area is 130 Å². The summed E-state index contributed by atoms with van der Waals surface area (Å²) in [5.41, 5.74) is 0.235. The average molecular weight is 313 g/mol. The van der Waals surface area contributed by atoms with Gasteiger partial charge in [0.05, 0.1) is 9.85 Å². The molecule has 0 unspecified atom stereocenters. The number of nitro groups is 2. The van der Waals surface area contributed by atoms with E-state index in [-0.39, 0.29) is 17.1 Å². The van der Waals surface area contributed by atoms with Crippen LogP contribution in [0, 0.1) is 20.2 Å². The summed E-state index contributed by atoms with van der Waals surface area (Å²) in [5, 5.41) is 23.9. The van der Waals surface area contributed by atoms with Gasteiger partial charge in [0.2, 0.25) is 5.91 Å². The van der Waals surface area contributed by atoms with Crippen molar-refractivity contribution in [1.82, 2.24) is 0 Å². The predicted molar refractivity (Wildman–Crippen MR) is 83.9 cm³/mol. The topological polar surface area (TPSA) is 115 Å². The minimum atomic E-state index is -0.597. The largest absolute Gasteiger partial charge is 0.317 e. The van der Waals surface area contributed by atoms with Gasteiger partial charge in [-0.15, -0.1) is 0 Å². The minimum absolute atomic E-state index is 0.0752. The molecule has 8 heteroatoms. The van der Waals surface area contributed by atoms with Crippen LogP contribution >= 0.6 is 0 Å². The Morgan fingerprint density at radius 2 is 1.74 bits per heavy atom. The van der Waals surface area contributed by atoms with E-state index in [1.807, 2.05) is 0 Å². The fourth-order valence-electron chi connectivity index (χ4n) is 1.83. The van der Waals surface area contributed by atoms with E-state index in [4.69, 9.17) is 0 Å². The smallest absolute Gasteiger partial charge is 0.292 e. The third-order valence-electron chi connectivity index (χ3n) is 2.87. The van der Waals surface area contributed by atoms with Crippen LogP contribution in [0.1, 0.15) is 5.56 Å². The Morgan fingerprint density at radius 3 is 2.43 bits per heavy atom. The molecule has 1 N–H and O–H groups in total. The second-order valence-corrected chi connectivity index (χ2v) is 4.45. The first-order chi connectivity index (χ1) is 11.0. The lowest BCUT2D eigenvalue weighted by atomic mass is 10.2. The van der Waals surface area contributed by atoms with Gasteiger partial charge in [-0.05, 0) is 17.7 Å². The summed E-state index contributed by atoms with van der Waals surface area (Å²) in [6.45, 7) is 0. The minimum Gasteiger partial charge on any atom is -0.317 e. The van der Waals surface area contributed by atoms with Crippen molar-refractivity contribution < 1.29 is 14.6 Å². The molecule has 2 aromatic rings. The van der Waals surface area contributed by atoms with Gasteiger partial charge in [0.1, 0.15) is 5.69 Å². The van der Waals surface area contributed by atoms with Crippen molar-refractivity contribution in [3.63, 3.8) is 0 Å². The van der Waals surface area contributed by atoms with Gasteiger partial charge in [-0.1, -0.05) is 24.3 Å². The molecule has 0 fully saturated rings. The van der Waals surface area contributed by atoms with E-state index in [9.17, 15) is 25.0 Å². The van der Waals surface area contributed by atoms with Crippen LogP contribution in [0.3, 0.4) is 0 Å². The van der Waals surface area contributed by atoms with Gasteiger partial charge < -0.3 is 5.32 Å². The van der Waals surface area contributed by atoms with Crippen molar-refractivity contribution in [2.75, 3.05) is 5.32 Å². The van der Waals surface area contributed by atoms with Gasteiger partial charge >= 0.3 is 0 Å². The molecule has 0 spiro atoms. The molecule has 0 aliphatic rings. The Hall–Kier alpha value is -3.55. The van der Waals surface area contributed by atoms with Crippen molar-refractivity contribution in [2.24, 2.45) is 0 Å². The molecular weight excluding hydrogens is 302 g/mol. The van der Waals surface area contributed by atoms with Crippen molar-refractivity contribution in [3.8, 4) is 0 Å². The van der Waals surface area contributed by atoms with Gasteiger partial charge in [0.25, 0.3) is 11.4 Å². The molecule has 0 saturated carbocycles. The van der Waals surface area contributed by atoms with Crippen molar-refractivity contribution in [2.45, 2.75) is 0 Å². The lowest BCUT2D eigenvalue weighted by Gasteiger charge is -2.02. The Bertz CT molecular complexity index is 801. The molecule has 0 aliphatic carbocycles. The second-order valence-electron chi connectivity index (χ2n) is 4.45. The van der Waals surface area contributed by atoms with E-state index < -0.39 is 15.8 Å². The summed E-state index contributed by atoms with van der Waals surface area (Å²) in [5.74, 6) is -0.578. The van der Waals surface area contributed by atoms with E-state index in [1.54, 1.807) is 12.1 Å². The number of rotatable bonds is 5. The van der Waals surface area contributed by atoms with Gasteiger partial charge in [-0.25, -0.2) is 0 Å². The first-order valence-corrected chi connectivity index (χ1v) is 6.44. The highest BCUT2D eigenvalue weighted by Gasteiger charge is 2.13. The number of amides is 1. The highest BCUT2D eigenvalue weighted by molar-refractivity contribution is 6.03. The van der Waals surface area contributed by atoms with Crippen molar-refractivity contribution in [1.29, 1.82) is 0 Å². The molecular formula is C15H11N3O5. The third-order valence-corrected chi connectivity index (χ3v) is 2.87. The van der Waals surface area contributed by atoms with Crippen LogP contribution in [0.4, 0.5) is 17.1 Å². The first-order valence-electron chi connectivity index (χ1n) is 6.44. The van der Waals surface area contributed by atoms with E-state index >= 15 is 0 Å². The molecule has 8 nitrogen and oxygen atoms in total. The Kier molecular flexibility index (Phi) is 4.78. The normalized spacial score (nSPS) is 10.4. The zero-order valence-electron chi connectivity index (χ0n) is 11.7. The number of anilines is 1. The fourth-order valence-corrected chi connectivity index (χ4v) is 1.83. The molecule has 0 aliphatic heterocycles. The number of benzene rings is 2. The van der Waals surface area contributed by atoms with Crippen LogP contribution in [0.5, 0.6) is 0 Å². The SMILES string of the molecule is O=C(/C=C/c1cccc([N+](=O)[O-])c1)Nc1ccccc1[N+](=O)[O-]. The quantitative estimate of drug-likeness (QED) is 0.517. The maximum atomic E-state index is 11.8. The Morgan fingerprint density at radius 1 is 1.00 bits per heavy atom. The fraction of sp³-hybridized carbons (Fsp3) is 0. The molecule has 0 saturated heterocycles. The molecule has 2 aromatic carbocycles. The van der Waals surface area contributed by atoms with Crippen LogP contribution in [0.15, 0.2) is 54.6 Å². The highest BCUT2D eigenvalue weighted by atomic mass is 16.6. The highest BCUT2D eigenvalue weighted by Crippen LogP contribution is 2.23. The summed E-state index contributed by atoms with van der Waals surface area (Å²) >= 11 is 0. The molecule has 0 radical (unpaired) electrons. The van der Waals surface area contributed by atoms with Gasteiger partial charge in [-0.3, -0.25) is 25.0 Å². The van der Waals surface area contributed by atoms with E-state index in [0.29, 0.717) is 5.56 Å². The standard InChI is InChI=1S/C15H11N3O5/c19-15(16-13-6-1-2-7-14(13)18(22)23)9-8-11-4-3-5-12(10-11)17(20)21/h1-10H,(H,16,19)/b9-8+. The predicted octanol–water partition coefficient (Wildman–Crippen LogP) is 3.15. The molecule has 116 valence electrons. The van der Waals surface area contributed by atoms with Gasteiger partial charge in [0.15, 0.2) is 0 Å². The van der Waals surface area contributed by atoms with E-state index in [0.717, 1.165) is 6.08 Å². The Balaban J connectivity index is 2.12. The number of carbonyl (C=O) groups excluding carboxylic acids is 1. The monoisotopic (exact) mass is 313 g/mol. The maximum absolute atomic E-state index is 11.8. The molecule has 0 atom stereocenters. The summed E-state index contributed by atoms with van der Waals surface area (Å²) in [4.78, 5) is 32.2. The van der Waals surface area contributed by atoms with E-state index in [2.05, 4.69) is 5.32 Å². The number of hydrogen-bond acceptors (Lipinski definition) is 5. The van der Waals surface area contributed by atoms with Crippen molar-refractivity contribution >= 4 is 29.0 Å². The zero-order chi connectivity index (χ0) is 16.8. The lowest BCUT2D eigenvalue weighted by Crippen LogP contribution is -2.09. The number of hydrogen-bond donors (Lipinski definition) is 1. The number of nitro benzene ring substituents is 2. The summed E-state index contributed by atoms with van der Waals surface area (Å²) < 4.78 is 0. The molecule has 0 bridgehead atoms. The average Bonchev–Trinajstić information content (AvgIpc) is 2.53. The maximum Gasteiger partial charge on any atom is 0.292 e. The number of nitrogens with zero attached hydrogens (tertiary/aromatic N) is 2. The lowest BCUT2D eigenvalue weighted by molar-refractivity contribution is -0.384. The molecule has 2 rings (SSSR count). The van der Waals surface area contributed by atoms with Crippen LogP contribution in [0.25, 0.3) is 6.08 Å². The zero-order valence-corrected chi connectivity index (χ0v) is 11.7. The van der Waals surface area contributed by atoms with Crippen LogP contribution in [-0.4, -0.2) is 15.8 Å². The number of carbonyl (C=O) groups is 1. The van der Waals surface area contributed by atoms with Crippen LogP contribution in [0.2, 0.25) is 0 Å². The van der Waals surface area contributed by atoms with Gasteiger partial charge in [0, 0.05) is 24.3 Å². The van der Waals surface area contributed by atoms with Gasteiger partial charge in [-0.2, -0.15) is 0 Å².